The van der Waals surface area contributed by atoms with Crippen molar-refractivity contribution < 1.29 is 13.6 Å². The molecule has 146 valence electrons. The van der Waals surface area contributed by atoms with E-state index in [1.54, 1.807) is 30.3 Å². The summed E-state index contributed by atoms with van der Waals surface area (Å²) in [5, 5.41) is 1.40. The molecule has 0 saturated carbocycles. The summed E-state index contributed by atoms with van der Waals surface area (Å²) in [6, 6.07) is 21.3. The highest BCUT2D eigenvalue weighted by Gasteiger charge is 2.25. The van der Waals surface area contributed by atoms with Crippen molar-refractivity contribution in [3.63, 3.8) is 0 Å². The number of anilines is 1. The molecule has 2 N–H and O–H groups in total. The van der Waals surface area contributed by atoms with Gasteiger partial charge in [-0.15, -0.1) is 0 Å². The van der Waals surface area contributed by atoms with Gasteiger partial charge in [-0.25, -0.2) is 4.79 Å². The first-order chi connectivity index (χ1) is 14.5. The van der Waals surface area contributed by atoms with Gasteiger partial charge in [-0.2, -0.15) is 0 Å². The molecule has 0 spiro atoms. The van der Waals surface area contributed by atoms with E-state index in [-0.39, 0.29) is 11.5 Å². The van der Waals surface area contributed by atoms with Crippen molar-refractivity contribution in [2.45, 2.75) is 6.92 Å². The van der Waals surface area contributed by atoms with Gasteiger partial charge in [0.1, 0.15) is 11.2 Å². The molecular weight excluding hydrogens is 378 g/mol. The molecule has 5 rings (SSSR count). The molecule has 5 nitrogen and oxygen atoms in total. The average Bonchev–Trinajstić information content (AvgIpc) is 3.14. The number of aryl methyl sites for hydroxylation is 1. The maximum atomic E-state index is 13.4. The van der Waals surface area contributed by atoms with Crippen molar-refractivity contribution in [3.05, 3.63) is 100 Å². The summed E-state index contributed by atoms with van der Waals surface area (Å²) in [6.07, 6.45) is 0. The van der Waals surface area contributed by atoms with Gasteiger partial charge in [-0.3, -0.25) is 4.79 Å². The second-order valence-electron chi connectivity index (χ2n) is 7.19. The van der Waals surface area contributed by atoms with Crippen LogP contribution in [0.15, 0.2) is 86.4 Å². The van der Waals surface area contributed by atoms with E-state index < -0.39 is 5.63 Å². The van der Waals surface area contributed by atoms with Crippen LogP contribution in [0.1, 0.15) is 21.7 Å². The fourth-order valence-electron chi connectivity index (χ4n) is 3.81. The third-order valence-corrected chi connectivity index (χ3v) is 5.19. The number of carbonyl (C=O) groups excluding carboxylic acids is 1. The van der Waals surface area contributed by atoms with Crippen molar-refractivity contribution in [3.8, 4) is 11.1 Å². The van der Waals surface area contributed by atoms with Crippen LogP contribution in [0.4, 0.5) is 5.69 Å². The molecule has 0 unspecified atom stereocenters. The smallest absolute Gasteiger partial charge is 0.336 e. The standard InChI is InChI=1S/C25H17NO4/c1-14-12-20(27)30-24-18(14)10-11-19-22(24)21(15-6-3-2-4-7-15)25(29-19)23(28)16-8-5-9-17(26)13-16/h2-13H,26H2,1H3. The van der Waals surface area contributed by atoms with Crippen molar-refractivity contribution in [2.75, 3.05) is 5.73 Å². The van der Waals surface area contributed by atoms with Crippen molar-refractivity contribution in [1.82, 2.24) is 0 Å². The Balaban J connectivity index is 1.91. The van der Waals surface area contributed by atoms with Gasteiger partial charge in [-0.05, 0) is 42.3 Å². The van der Waals surface area contributed by atoms with Gasteiger partial charge in [0.05, 0.1) is 5.39 Å². The second-order valence-corrected chi connectivity index (χ2v) is 7.19. The zero-order valence-corrected chi connectivity index (χ0v) is 16.1. The molecule has 5 heteroatoms. The van der Waals surface area contributed by atoms with Gasteiger partial charge in [0.15, 0.2) is 5.76 Å². The molecule has 0 bridgehead atoms. The Labute approximate surface area is 171 Å². The molecule has 0 radical (unpaired) electrons. The Hall–Kier alpha value is -4.12. The Morgan fingerprint density at radius 1 is 0.900 bits per heavy atom. The van der Waals surface area contributed by atoms with E-state index in [9.17, 15) is 9.59 Å². The lowest BCUT2D eigenvalue weighted by molar-refractivity contribution is 0.101. The third-order valence-electron chi connectivity index (χ3n) is 5.19. The quantitative estimate of drug-likeness (QED) is 0.254. The van der Waals surface area contributed by atoms with Crippen LogP contribution in [0, 0.1) is 6.92 Å². The normalized spacial score (nSPS) is 11.2. The number of furan rings is 1. The Morgan fingerprint density at radius 2 is 1.70 bits per heavy atom. The molecule has 3 aromatic carbocycles. The highest BCUT2D eigenvalue weighted by molar-refractivity contribution is 6.20. The number of hydrogen-bond acceptors (Lipinski definition) is 5. The Bertz CT molecular complexity index is 1490. The zero-order chi connectivity index (χ0) is 20.8. The molecule has 2 aromatic heterocycles. The molecule has 0 aliphatic rings. The molecule has 0 atom stereocenters. The van der Waals surface area contributed by atoms with Crippen LogP contribution in [0.3, 0.4) is 0 Å². The van der Waals surface area contributed by atoms with Crippen LogP contribution < -0.4 is 11.4 Å². The molecule has 30 heavy (non-hydrogen) atoms. The summed E-state index contributed by atoms with van der Waals surface area (Å²) in [6.45, 7) is 1.85. The number of rotatable bonds is 3. The summed E-state index contributed by atoms with van der Waals surface area (Å²) in [5.74, 6) is -0.112. The van der Waals surface area contributed by atoms with Crippen LogP contribution in [0.2, 0.25) is 0 Å². The number of ketones is 1. The minimum atomic E-state index is -0.448. The molecule has 0 amide bonds. The maximum absolute atomic E-state index is 13.4. The van der Waals surface area contributed by atoms with Gasteiger partial charge >= 0.3 is 5.63 Å². The highest BCUT2D eigenvalue weighted by Crippen LogP contribution is 2.40. The van der Waals surface area contributed by atoms with E-state index in [2.05, 4.69) is 0 Å². The fraction of sp³-hybridized carbons (Fsp3) is 0.0400. The van der Waals surface area contributed by atoms with Crippen LogP contribution in [0.5, 0.6) is 0 Å². The van der Waals surface area contributed by atoms with E-state index in [1.165, 1.54) is 6.07 Å². The molecule has 0 aliphatic carbocycles. The molecule has 0 saturated heterocycles. The summed E-state index contributed by atoms with van der Waals surface area (Å²) >= 11 is 0. The first-order valence-corrected chi connectivity index (χ1v) is 9.48. The summed E-state index contributed by atoms with van der Waals surface area (Å²) in [4.78, 5) is 25.5. The Morgan fingerprint density at radius 3 is 2.47 bits per heavy atom. The summed E-state index contributed by atoms with van der Waals surface area (Å²) in [7, 11) is 0. The van der Waals surface area contributed by atoms with Gasteiger partial charge < -0.3 is 14.6 Å². The van der Waals surface area contributed by atoms with E-state index in [1.807, 2.05) is 43.3 Å². The van der Waals surface area contributed by atoms with Crippen LogP contribution >= 0.6 is 0 Å². The van der Waals surface area contributed by atoms with Gasteiger partial charge in [0.2, 0.25) is 5.78 Å². The van der Waals surface area contributed by atoms with E-state index in [0.29, 0.717) is 33.4 Å². The largest absolute Gasteiger partial charge is 0.452 e. The molecule has 2 heterocycles. The lowest BCUT2D eigenvalue weighted by Gasteiger charge is -2.06. The molecule has 5 aromatic rings. The highest BCUT2D eigenvalue weighted by atomic mass is 16.4. The number of carbonyl (C=O) groups is 1. The van der Waals surface area contributed by atoms with Crippen molar-refractivity contribution in [1.29, 1.82) is 0 Å². The van der Waals surface area contributed by atoms with Crippen molar-refractivity contribution in [2.24, 2.45) is 0 Å². The average molecular weight is 395 g/mol. The number of hydrogen-bond donors (Lipinski definition) is 1. The van der Waals surface area contributed by atoms with Crippen LogP contribution in [-0.4, -0.2) is 5.78 Å². The first-order valence-electron chi connectivity index (χ1n) is 9.48. The Kier molecular flexibility index (Phi) is 4.03. The predicted octanol–water partition coefficient (Wildman–Crippen LogP) is 5.33. The van der Waals surface area contributed by atoms with Gasteiger partial charge in [-0.1, -0.05) is 42.5 Å². The summed E-state index contributed by atoms with van der Waals surface area (Å²) < 4.78 is 11.6. The van der Waals surface area contributed by atoms with Gasteiger partial charge in [0, 0.05) is 28.3 Å². The number of nitrogen functional groups attached to an aromatic ring is 1. The maximum Gasteiger partial charge on any atom is 0.336 e. The lowest BCUT2D eigenvalue weighted by atomic mass is 9.96. The van der Waals surface area contributed by atoms with Crippen LogP contribution in [-0.2, 0) is 0 Å². The molecule has 0 fully saturated rings. The minimum Gasteiger partial charge on any atom is -0.452 e. The minimum absolute atomic E-state index is 0.179. The number of benzene rings is 3. The van der Waals surface area contributed by atoms with E-state index in [0.717, 1.165) is 16.5 Å². The summed E-state index contributed by atoms with van der Waals surface area (Å²) in [5.41, 5.74) is 9.41. The van der Waals surface area contributed by atoms with E-state index >= 15 is 0 Å². The topological polar surface area (TPSA) is 86.4 Å². The van der Waals surface area contributed by atoms with Crippen molar-refractivity contribution >= 4 is 33.4 Å². The zero-order valence-electron chi connectivity index (χ0n) is 16.1. The van der Waals surface area contributed by atoms with Gasteiger partial charge in [0.25, 0.3) is 0 Å². The fourth-order valence-corrected chi connectivity index (χ4v) is 3.81. The number of fused-ring (bicyclic) bond motifs is 3. The predicted molar refractivity (Wildman–Crippen MR) is 117 cm³/mol. The van der Waals surface area contributed by atoms with Crippen LogP contribution in [0.25, 0.3) is 33.1 Å². The SMILES string of the molecule is Cc1cc(=O)oc2c1ccc1oc(C(=O)c3cccc(N)c3)c(-c3ccccc3)c12. The second kappa shape index (κ2) is 6.74. The number of nitrogens with two attached hydrogens (primary N) is 1. The first kappa shape index (κ1) is 17.9. The van der Waals surface area contributed by atoms with E-state index in [4.69, 9.17) is 14.6 Å². The molecular formula is C25H17NO4. The third kappa shape index (κ3) is 2.79. The lowest BCUT2D eigenvalue weighted by Crippen LogP contribution is -2.02. The monoisotopic (exact) mass is 395 g/mol. The molecule has 0 aliphatic heterocycles.